The number of carbonyl (C=O) groups is 3. The number of amides is 3. The van der Waals surface area contributed by atoms with Crippen molar-refractivity contribution in [1.82, 2.24) is 16.0 Å². The normalized spacial score (nSPS) is 19.9. The molecule has 0 spiro atoms. The molecule has 1 saturated heterocycles. The molecule has 2 unspecified atom stereocenters. The summed E-state index contributed by atoms with van der Waals surface area (Å²) >= 11 is 0. The molecule has 1 rings (SSSR count). The fourth-order valence-corrected chi connectivity index (χ4v) is 2.07. The lowest BCUT2D eigenvalue weighted by atomic mass is 10.0. The third-order valence-corrected chi connectivity index (χ3v) is 3.36. The highest BCUT2D eigenvalue weighted by molar-refractivity contribution is 5.87. The Morgan fingerprint density at radius 3 is 2.85 bits per heavy atom. The average molecular weight is 285 g/mol. The maximum Gasteiger partial charge on any atom is 0.315 e. The molecule has 114 valence electrons. The van der Waals surface area contributed by atoms with Gasteiger partial charge in [-0.25, -0.2) is 4.79 Å². The molecular weight excluding hydrogens is 262 g/mol. The summed E-state index contributed by atoms with van der Waals surface area (Å²) in [7, 11) is 0. The average Bonchev–Trinajstić information content (AvgIpc) is 2.39. The molecule has 2 atom stereocenters. The quantitative estimate of drug-likeness (QED) is 0.545. The van der Waals surface area contributed by atoms with Gasteiger partial charge in [0.2, 0.25) is 5.91 Å². The van der Waals surface area contributed by atoms with E-state index in [4.69, 9.17) is 5.11 Å². The van der Waals surface area contributed by atoms with Crippen LogP contribution in [-0.2, 0) is 9.59 Å². The molecule has 0 radical (unpaired) electrons. The highest BCUT2D eigenvalue weighted by atomic mass is 16.4. The van der Waals surface area contributed by atoms with Crippen LogP contribution in [0.2, 0.25) is 0 Å². The second-order valence-corrected chi connectivity index (χ2v) is 5.21. The summed E-state index contributed by atoms with van der Waals surface area (Å²) in [5.41, 5.74) is 0. The molecule has 0 bridgehead atoms. The summed E-state index contributed by atoms with van der Waals surface area (Å²) in [6, 6.07) is -0.800. The topological polar surface area (TPSA) is 108 Å². The van der Waals surface area contributed by atoms with Crippen molar-refractivity contribution in [1.29, 1.82) is 0 Å². The minimum atomic E-state index is -0.800. The van der Waals surface area contributed by atoms with Crippen LogP contribution < -0.4 is 16.0 Å². The highest BCUT2D eigenvalue weighted by Crippen LogP contribution is 2.09. The zero-order chi connectivity index (χ0) is 15.0. The molecule has 0 aromatic carbocycles. The number of nitrogens with one attached hydrogen (secondary N) is 3. The van der Waals surface area contributed by atoms with Gasteiger partial charge in [0, 0.05) is 19.5 Å². The van der Waals surface area contributed by atoms with Gasteiger partial charge in [0.15, 0.2) is 0 Å². The van der Waals surface area contributed by atoms with Gasteiger partial charge < -0.3 is 21.1 Å². The molecule has 0 aliphatic carbocycles. The first kappa shape index (κ1) is 16.3. The minimum Gasteiger partial charge on any atom is -0.481 e. The van der Waals surface area contributed by atoms with Gasteiger partial charge in [-0.3, -0.25) is 9.59 Å². The van der Waals surface area contributed by atoms with E-state index in [1.807, 2.05) is 6.92 Å². The van der Waals surface area contributed by atoms with Crippen molar-refractivity contribution in [2.24, 2.45) is 5.92 Å². The largest absolute Gasteiger partial charge is 0.481 e. The number of carbonyl (C=O) groups excluding carboxylic acids is 2. The number of hydrogen-bond acceptors (Lipinski definition) is 3. The first-order valence-electron chi connectivity index (χ1n) is 7.03. The lowest BCUT2D eigenvalue weighted by molar-refractivity contribution is -0.137. The van der Waals surface area contributed by atoms with Crippen molar-refractivity contribution in [3.63, 3.8) is 0 Å². The summed E-state index contributed by atoms with van der Waals surface area (Å²) in [5.74, 6) is -0.698. The fourth-order valence-electron chi connectivity index (χ4n) is 2.07. The Hall–Kier alpha value is -1.79. The van der Waals surface area contributed by atoms with Crippen LogP contribution in [0.25, 0.3) is 0 Å². The number of carboxylic acids is 1. The molecule has 1 aliphatic heterocycles. The number of piperidine rings is 1. The van der Waals surface area contributed by atoms with Crippen LogP contribution in [0.5, 0.6) is 0 Å². The monoisotopic (exact) mass is 285 g/mol. The van der Waals surface area contributed by atoms with Crippen LogP contribution in [0.1, 0.15) is 39.0 Å². The molecule has 1 heterocycles. The Morgan fingerprint density at radius 2 is 2.20 bits per heavy atom. The van der Waals surface area contributed by atoms with Gasteiger partial charge in [0.25, 0.3) is 0 Å². The van der Waals surface area contributed by atoms with Crippen molar-refractivity contribution in [3.05, 3.63) is 0 Å². The van der Waals surface area contributed by atoms with Crippen LogP contribution in [0, 0.1) is 5.92 Å². The molecule has 1 aliphatic rings. The van der Waals surface area contributed by atoms with Gasteiger partial charge in [0.1, 0.15) is 6.04 Å². The molecule has 3 amide bonds. The van der Waals surface area contributed by atoms with Gasteiger partial charge in [-0.05, 0) is 31.6 Å². The zero-order valence-electron chi connectivity index (χ0n) is 11.8. The van der Waals surface area contributed by atoms with E-state index in [1.54, 1.807) is 0 Å². The summed E-state index contributed by atoms with van der Waals surface area (Å²) in [5, 5.41) is 16.6. The first-order chi connectivity index (χ1) is 9.49. The second kappa shape index (κ2) is 8.39. The third kappa shape index (κ3) is 6.40. The van der Waals surface area contributed by atoms with E-state index in [1.165, 1.54) is 0 Å². The van der Waals surface area contributed by atoms with E-state index in [9.17, 15) is 14.4 Å². The van der Waals surface area contributed by atoms with Gasteiger partial charge in [-0.1, -0.05) is 6.92 Å². The van der Waals surface area contributed by atoms with E-state index in [-0.39, 0.29) is 24.3 Å². The van der Waals surface area contributed by atoms with Crippen molar-refractivity contribution in [2.45, 2.75) is 45.1 Å². The number of hydrogen-bond donors (Lipinski definition) is 4. The number of urea groups is 1. The standard InChI is InChI=1S/C13H23N3O4/c1-9(4-5-11(17)18)6-8-15-13(20)16-10-3-2-7-14-12(10)19/h9-10H,2-8H2,1H3,(H,14,19)(H,17,18)(H2,15,16,20). The van der Waals surface area contributed by atoms with Crippen LogP contribution in [-0.4, -0.2) is 42.1 Å². The Bertz CT molecular complexity index is 360. The molecule has 7 heteroatoms. The predicted octanol–water partition coefficient (Wildman–Crippen LogP) is 0.455. The Kier molecular flexibility index (Phi) is 6.83. The smallest absolute Gasteiger partial charge is 0.315 e. The predicted molar refractivity (Wildman–Crippen MR) is 73.2 cm³/mol. The second-order valence-electron chi connectivity index (χ2n) is 5.21. The molecule has 0 aromatic heterocycles. The van der Waals surface area contributed by atoms with E-state index >= 15 is 0 Å². The first-order valence-corrected chi connectivity index (χ1v) is 7.03. The van der Waals surface area contributed by atoms with Gasteiger partial charge in [-0.2, -0.15) is 0 Å². The van der Waals surface area contributed by atoms with Crippen LogP contribution in [0.15, 0.2) is 0 Å². The summed E-state index contributed by atoms with van der Waals surface area (Å²) in [4.78, 5) is 33.5. The number of carboxylic acid groups (broad SMARTS) is 1. The highest BCUT2D eigenvalue weighted by Gasteiger charge is 2.23. The van der Waals surface area contributed by atoms with E-state index in [0.29, 0.717) is 25.9 Å². The zero-order valence-corrected chi connectivity index (χ0v) is 11.8. The van der Waals surface area contributed by atoms with Gasteiger partial charge in [-0.15, -0.1) is 0 Å². The van der Waals surface area contributed by atoms with Crippen molar-refractivity contribution < 1.29 is 19.5 Å². The van der Waals surface area contributed by atoms with Gasteiger partial charge in [0.05, 0.1) is 0 Å². The summed E-state index contributed by atoms with van der Waals surface area (Å²) in [6.45, 7) is 3.10. The van der Waals surface area contributed by atoms with Crippen molar-refractivity contribution >= 4 is 17.9 Å². The Morgan fingerprint density at radius 1 is 1.45 bits per heavy atom. The Balaban J connectivity index is 2.13. The molecule has 0 aromatic rings. The molecule has 7 nitrogen and oxygen atoms in total. The van der Waals surface area contributed by atoms with E-state index in [2.05, 4.69) is 16.0 Å². The fraction of sp³-hybridized carbons (Fsp3) is 0.769. The molecule has 0 saturated carbocycles. The van der Waals surface area contributed by atoms with Crippen LogP contribution in [0.4, 0.5) is 4.79 Å². The molecule has 4 N–H and O–H groups in total. The maximum atomic E-state index is 11.6. The Labute approximate surface area is 118 Å². The van der Waals surface area contributed by atoms with E-state index in [0.717, 1.165) is 12.8 Å². The van der Waals surface area contributed by atoms with Gasteiger partial charge >= 0.3 is 12.0 Å². The third-order valence-electron chi connectivity index (χ3n) is 3.36. The minimum absolute atomic E-state index is 0.138. The SMILES string of the molecule is CC(CCNC(=O)NC1CCCNC1=O)CCC(=O)O. The van der Waals surface area contributed by atoms with Crippen LogP contribution >= 0.6 is 0 Å². The van der Waals surface area contributed by atoms with Crippen molar-refractivity contribution in [2.75, 3.05) is 13.1 Å². The lowest BCUT2D eigenvalue weighted by Gasteiger charge is -2.23. The van der Waals surface area contributed by atoms with Crippen molar-refractivity contribution in [3.8, 4) is 0 Å². The molecular formula is C13H23N3O4. The molecule has 1 fully saturated rings. The molecule has 20 heavy (non-hydrogen) atoms. The number of rotatable bonds is 7. The van der Waals surface area contributed by atoms with E-state index < -0.39 is 12.0 Å². The summed E-state index contributed by atoms with van der Waals surface area (Å²) < 4.78 is 0. The summed E-state index contributed by atoms with van der Waals surface area (Å²) in [6.07, 6.45) is 2.99. The number of aliphatic carboxylic acids is 1. The lowest BCUT2D eigenvalue weighted by Crippen LogP contribution is -2.52. The van der Waals surface area contributed by atoms with Crippen LogP contribution in [0.3, 0.4) is 0 Å². The maximum absolute atomic E-state index is 11.6.